The number of ether oxygens (including phenoxy) is 1. The van der Waals surface area contributed by atoms with E-state index in [4.69, 9.17) is 16.3 Å². The van der Waals surface area contributed by atoms with Crippen molar-refractivity contribution < 1.29 is 17.9 Å². The van der Waals surface area contributed by atoms with E-state index in [0.29, 0.717) is 11.4 Å². The molecule has 0 fully saturated rings. The number of carbonyl (C=O) groups is 1. The van der Waals surface area contributed by atoms with Gasteiger partial charge in [0.1, 0.15) is 5.75 Å². The molecule has 0 atom stereocenters. The van der Waals surface area contributed by atoms with E-state index in [1.54, 1.807) is 12.1 Å². The lowest BCUT2D eigenvalue weighted by Crippen LogP contribution is -2.18. The van der Waals surface area contributed by atoms with E-state index in [1.165, 1.54) is 20.1 Å². The minimum absolute atomic E-state index is 0.0109. The Morgan fingerprint density at radius 1 is 1.42 bits per heavy atom. The molecule has 0 saturated carbocycles. The van der Waals surface area contributed by atoms with E-state index in [9.17, 15) is 13.2 Å². The summed E-state index contributed by atoms with van der Waals surface area (Å²) in [5, 5.41) is 2.56. The van der Waals surface area contributed by atoms with Crippen LogP contribution in [0.3, 0.4) is 0 Å². The standard InChI is InChI=1S/C11H15ClN2O4S/c1-8(15)13-9-3-4-11(18-2)10(7-9)14-19(16,17)6-5-12/h3-4,7,14H,5-6H2,1-2H3,(H,13,15). The van der Waals surface area contributed by atoms with Crippen LogP contribution in [-0.4, -0.2) is 33.1 Å². The molecule has 0 aliphatic rings. The van der Waals surface area contributed by atoms with Gasteiger partial charge in [0.15, 0.2) is 0 Å². The maximum atomic E-state index is 11.7. The molecule has 8 heteroatoms. The minimum Gasteiger partial charge on any atom is -0.495 e. The molecule has 1 aromatic carbocycles. The molecule has 106 valence electrons. The van der Waals surface area contributed by atoms with Gasteiger partial charge in [0.25, 0.3) is 0 Å². The summed E-state index contributed by atoms with van der Waals surface area (Å²) in [5.41, 5.74) is 0.718. The number of methoxy groups -OCH3 is 1. The average molecular weight is 307 g/mol. The summed E-state index contributed by atoms with van der Waals surface area (Å²) in [6.07, 6.45) is 0. The second-order valence-corrected chi connectivity index (χ2v) is 5.93. The molecule has 0 radical (unpaired) electrons. The van der Waals surface area contributed by atoms with Crippen molar-refractivity contribution in [1.82, 2.24) is 0 Å². The van der Waals surface area contributed by atoms with E-state index < -0.39 is 10.0 Å². The van der Waals surface area contributed by atoms with Gasteiger partial charge in [-0.2, -0.15) is 0 Å². The summed E-state index contributed by atoms with van der Waals surface area (Å²) in [6.45, 7) is 1.36. The molecule has 19 heavy (non-hydrogen) atoms. The number of amides is 1. The molecule has 2 N–H and O–H groups in total. The summed E-state index contributed by atoms with van der Waals surface area (Å²) in [5.74, 6) is -0.113. The predicted molar refractivity (Wildman–Crippen MR) is 75.4 cm³/mol. The molecule has 6 nitrogen and oxygen atoms in total. The Morgan fingerprint density at radius 2 is 2.11 bits per heavy atom. The number of halogens is 1. The van der Waals surface area contributed by atoms with Gasteiger partial charge in [0.2, 0.25) is 15.9 Å². The molecule has 0 aromatic heterocycles. The van der Waals surface area contributed by atoms with E-state index in [1.807, 2.05) is 0 Å². The fourth-order valence-electron chi connectivity index (χ4n) is 1.39. The molecule has 1 aromatic rings. The molecule has 1 rings (SSSR count). The normalized spacial score (nSPS) is 10.9. The monoisotopic (exact) mass is 306 g/mol. The van der Waals surface area contributed by atoms with Crippen LogP contribution in [0.1, 0.15) is 6.92 Å². The second kappa shape index (κ2) is 6.63. The molecule has 1 amide bonds. The molecule has 0 aliphatic carbocycles. The topological polar surface area (TPSA) is 84.5 Å². The van der Waals surface area contributed by atoms with Crippen LogP contribution in [-0.2, 0) is 14.8 Å². The highest BCUT2D eigenvalue weighted by Crippen LogP contribution is 2.28. The maximum absolute atomic E-state index is 11.7. The van der Waals surface area contributed by atoms with E-state index in [2.05, 4.69) is 10.0 Å². The van der Waals surface area contributed by atoms with Crippen molar-refractivity contribution >= 4 is 38.9 Å². The van der Waals surface area contributed by atoms with E-state index >= 15 is 0 Å². The summed E-state index contributed by atoms with van der Waals surface area (Å²) in [6, 6.07) is 4.65. The van der Waals surface area contributed by atoms with Gasteiger partial charge in [-0.1, -0.05) is 0 Å². The number of rotatable bonds is 6. The first-order valence-electron chi connectivity index (χ1n) is 5.40. The molecular formula is C11H15ClN2O4S. The molecule has 0 saturated heterocycles. The molecule has 0 bridgehead atoms. The van der Waals surface area contributed by atoms with Crippen molar-refractivity contribution in [2.45, 2.75) is 6.92 Å². The smallest absolute Gasteiger partial charge is 0.234 e. The Balaban J connectivity index is 3.05. The van der Waals surface area contributed by atoms with Gasteiger partial charge in [0.05, 0.1) is 18.6 Å². The zero-order chi connectivity index (χ0) is 14.5. The second-order valence-electron chi connectivity index (χ2n) is 3.71. The lowest BCUT2D eigenvalue weighted by Gasteiger charge is -2.13. The third kappa shape index (κ3) is 4.96. The van der Waals surface area contributed by atoms with E-state index in [-0.39, 0.29) is 23.2 Å². The number of anilines is 2. The van der Waals surface area contributed by atoms with Crippen molar-refractivity contribution in [1.29, 1.82) is 0 Å². The third-order valence-electron chi connectivity index (χ3n) is 2.13. The highest BCUT2D eigenvalue weighted by atomic mass is 35.5. The number of nitrogens with one attached hydrogen (secondary N) is 2. The number of carbonyl (C=O) groups excluding carboxylic acids is 1. The predicted octanol–water partition coefficient (Wildman–Crippen LogP) is 1.63. The number of benzene rings is 1. The Labute approximate surface area is 117 Å². The van der Waals surface area contributed by atoms with Crippen LogP contribution in [0.25, 0.3) is 0 Å². The Morgan fingerprint density at radius 3 is 2.63 bits per heavy atom. The number of alkyl halides is 1. The van der Waals surface area contributed by atoms with Crippen molar-refractivity contribution in [3.8, 4) is 5.75 Å². The highest BCUT2D eigenvalue weighted by Gasteiger charge is 2.13. The van der Waals surface area contributed by atoms with Crippen molar-refractivity contribution in [2.24, 2.45) is 0 Å². The Bertz CT molecular complexity index is 560. The first-order chi connectivity index (χ1) is 8.88. The van der Waals surface area contributed by atoms with Gasteiger partial charge in [-0.15, -0.1) is 11.6 Å². The van der Waals surface area contributed by atoms with Crippen LogP contribution in [0, 0.1) is 0 Å². The Hall–Kier alpha value is -1.47. The average Bonchev–Trinajstić information content (AvgIpc) is 2.27. The molecule has 0 spiro atoms. The van der Waals surface area contributed by atoms with Crippen LogP contribution in [0.5, 0.6) is 5.75 Å². The molecule has 0 aliphatic heterocycles. The van der Waals surface area contributed by atoms with Crippen LogP contribution in [0.15, 0.2) is 18.2 Å². The zero-order valence-electron chi connectivity index (χ0n) is 10.6. The van der Waals surface area contributed by atoms with Crippen molar-refractivity contribution in [3.63, 3.8) is 0 Å². The number of hydrogen-bond donors (Lipinski definition) is 2. The van der Waals surface area contributed by atoms with Crippen LogP contribution in [0.2, 0.25) is 0 Å². The fourth-order valence-corrected chi connectivity index (χ4v) is 2.80. The van der Waals surface area contributed by atoms with Gasteiger partial charge in [-0.05, 0) is 18.2 Å². The molecule has 0 unspecified atom stereocenters. The van der Waals surface area contributed by atoms with Crippen LogP contribution in [0.4, 0.5) is 11.4 Å². The first kappa shape index (κ1) is 15.6. The van der Waals surface area contributed by atoms with Crippen molar-refractivity contribution in [3.05, 3.63) is 18.2 Å². The van der Waals surface area contributed by atoms with Gasteiger partial charge < -0.3 is 10.1 Å². The minimum atomic E-state index is -3.54. The van der Waals surface area contributed by atoms with Crippen molar-refractivity contribution in [2.75, 3.05) is 28.8 Å². The van der Waals surface area contributed by atoms with Gasteiger partial charge in [-0.3, -0.25) is 9.52 Å². The zero-order valence-corrected chi connectivity index (χ0v) is 12.1. The van der Waals surface area contributed by atoms with Crippen LogP contribution >= 0.6 is 11.6 Å². The van der Waals surface area contributed by atoms with Crippen LogP contribution < -0.4 is 14.8 Å². The SMILES string of the molecule is COc1ccc(NC(C)=O)cc1NS(=O)(=O)CCCl. The number of sulfonamides is 1. The maximum Gasteiger partial charge on any atom is 0.234 e. The van der Waals surface area contributed by atoms with Gasteiger partial charge in [-0.25, -0.2) is 8.42 Å². The summed E-state index contributed by atoms with van der Waals surface area (Å²) >= 11 is 5.42. The summed E-state index contributed by atoms with van der Waals surface area (Å²) < 4.78 is 30.7. The molecular weight excluding hydrogens is 292 g/mol. The first-order valence-corrected chi connectivity index (χ1v) is 7.58. The number of hydrogen-bond acceptors (Lipinski definition) is 4. The molecule has 0 heterocycles. The fraction of sp³-hybridized carbons (Fsp3) is 0.364. The summed E-state index contributed by atoms with van der Waals surface area (Å²) in [7, 11) is -2.11. The van der Waals surface area contributed by atoms with E-state index in [0.717, 1.165) is 0 Å². The van der Waals surface area contributed by atoms with Gasteiger partial charge >= 0.3 is 0 Å². The third-order valence-corrected chi connectivity index (χ3v) is 3.82. The lowest BCUT2D eigenvalue weighted by atomic mass is 10.2. The van der Waals surface area contributed by atoms with Gasteiger partial charge in [0, 0.05) is 18.5 Å². The lowest BCUT2D eigenvalue weighted by molar-refractivity contribution is -0.114. The Kier molecular flexibility index (Phi) is 5.44. The largest absolute Gasteiger partial charge is 0.495 e. The quantitative estimate of drug-likeness (QED) is 0.782. The summed E-state index contributed by atoms with van der Waals surface area (Å²) in [4.78, 5) is 11.0. The highest BCUT2D eigenvalue weighted by molar-refractivity contribution is 7.92.